The molecule has 0 fully saturated rings. The molecule has 0 amide bonds. The van der Waals surface area contributed by atoms with Gasteiger partial charge in [0.1, 0.15) is 4.21 Å². The molecule has 16 heavy (non-hydrogen) atoms. The zero-order valence-electron chi connectivity index (χ0n) is 9.04. The highest BCUT2D eigenvalue weighted by Gasteiger charge is 2.10. The van der Waals surface area contributed by atoms with Gasteiger partial charge >= 0.3 is 0 Å². The third-order valence-electron chi connectivity index (χ3n) is 1.77. The van der Waals surface area contributed by atoms with Gasteiger partial charge in [-0.2, -0.15) is 0 Å². The van der Waals surface area contributed by atoms with Gasteiger partial charge in [0.05, 0.1) is 6.54 Å². The van der Waals surface area contributed by atoms with Gasteiger partial charge in [0, 0.05) is 19.0 Å². The zero-order chi connectivity index (χ0) is 12.3. The van der Waals surface area contributed by atoms with E-state index in [9.17, 15) is 8.42 Å². The van der Waals surface area contributed by atoms with Crippen LogP contribution in [0, 0.1) is 0 Å². The van der Waals surface area contributed by atoms with E-state index in [1.165, 1.54) is 6.07 Å². The van der Waals surface area contributed by atoms with Gasteiger partial charge < -0.3 is 10.6 Å². The molecule has 1 rings (SSSR count). The number of hydrogen-bond donors (Lipinski definition) is 2. The van der Waals surface area contributed by atoms with Crippen LogP contribution >= 0.6 is 11.3 Å². The number of guanidine groups is 1. The monoisotopic (exact) mass is 262 g/mol. The number of rotatable bonds is 3. The lowest BCUT2D eigenvalue weighted by Crippen LogP contribution is -2.30. The van der Waals surface area contributed by atoms with E-state index < -0.39 is 10.0 Å². The van der Waals surface area contributed by atoms with Crippen molar-refractivity contribution in [1.82, 2.24) is 4.90 Å². The number of primary sulfonamides is 1. The molecule has 1 aromatic rings. The minimum atomic E-state index is -3.61. The van der Waals surface area contributed by atoms with Gasteiger partial charge in [0.25, 0.3) is 0 Å². The van der Waals surface area contributed by atoms with Crippen molar-refractivity contribution >= 4 is 27.3 Å². The van der Waals surface area contributed by atoms with Crippen LogP contribution in [-0.4, -0.2) is 33.4 Å². The van der Waals surface area contributed by atoms with Gasteiger partial charge in [-0.25, -0.2) is 18.5 Å². The molecule has 90 valence electrons. The van der Waals surface area contributed by atoms with E-state index >= 15 is 0 Å². The second-order valence-corrected chi connectivity index (χ2v) is 6.29. The van der Waals surface area contributed by atoms with E-state index in [0.29, 0.717) is 12.5 Å². The average molecular weight is 262 g/mol. The van der Waals surface area contributed by atoms with Crippen LogP contribution in [0.3, 0.4) is 0 Å². The highest BCUT2D eigenvalue weighted by atomic mass is 32.2. The second kappa shape index (κ2) is 4.81. The number of sulfonamides is 1. The SMILES string of the molecule is CN(C)C(N)=NCc1ccc(S(N)(=O)=O)s1. The zero-order valence-corrected chi connectivity index (χ0v) is 10.7. The van der Waals surface area contributed by atoms with Crippen molar-refractivity contribution in [2.45, 2.75) is 10.8 Å². The molecular formula is C8H14N4O2S2. The number of thiophene rings is 1. The Hall–Kier alpha value is -1.12. The molecule has 0 radical (unpaired) electrons. The second-order valence-electron chi connectivity index (χ2n) is 3.33. The third kappa shape index (κ3) is 3.47. The van der Waals surface area contributed by atoms with E-state index in [-0.39, 0.29) is 4.21 Å². The van der Waals surface area contributed by atoms with Gasteiger partial charge in [-0.3, -0.25) is 0 Å². The Labute approximate surface area is 98.6 Å². The summed E-state index contributed by atoms with van der Waals surface area (Å²) in [6, 6.07) is 3.15. The molecule has 0 aliphatic carbocycles. The van der Waals surface area contributed by atoms with E-state index in [1.54, 1.807) is 25.1 Å². The number of nitrogens with two attached hydrogens (primary N) is 2. The standard InChI is InChI=1S/C8H14N4O2S2/c1-12(2)8(9)11-5-6-3-4-7(15-6)16(10,13)14/h3-4H,5H2,1-2H3,(H2,9,11)(H2,10,13,14). The Bertz CT molecular complexity index is 490. The highest BCUT2D eigenvalue weighted by Crippen LogP contribution is 2.20. The summed E-state index contributed by atoms with van der Waals surface area (Å²) in [5.41, 5.74) is 5.59. The van der Waals surface area contributed by atoms with Crippen molar-refractivity contribution in [3.8, 4) is 0 Å². The molecule has 1 aromatic heterocycles. The predicted molar refractivity (Wildman–Crippen MR) is 64.7 cm³/mol. The molecule has 0 atom stereocenters. The largest absolute Gasteiger partial charge is 0.370 e. The molecule has 0 spiro atoms. The summed E-state index contributed by atoms with van der Waals surface area (Å²) in [6.07, 6.45) is 0. The van der Waals surface area contributed by atoms with Crippen LogP contribution in [0.15, 0.2) is 21.3 Å². The molecule has 0 saturated carbocycles. The fourth-order valence-electron chi connectivity index (χ4n) is 0.896. The molecule has 1 heterocycles. The van der Waals surface area contributed by atoms with Crippen LogP contribution < -0.4 is 10.9 Å². The summed E-state index contributed by atoms with van der Waals surface area (Å²) in [7, 11) is -0.0469. The summed E-state index contributed by atoms with van der Waals surface area (Å²) in [4.78, 5) is 6.56. The lowest BCUT2D eigenvalue weighted by atomic mass is 10.5. The van der Waals surface area contributed by atoms with E-state index in [4.69, 9.17) is 10.9 Å². The van der Waals surface area contributed by atoms with Crippen molar-refractivity contribution in [3.63, 3.8) is 0 Å². The average Bonchev–Trinajstić information content (AvgIpc) is 2.61. The minimum Gasteiger partial charge on any atom is -0.370 e. The summed E-state index contributed by atoms with van der Waals surface area (Å²) in [6.45, 7) is 0.351. The first kappa shape index (κ1) is 12.9. The van der Waals surface area contributed by atoms with Crippen LogP contribution in [0.25, 0.3) is 0 Å². The van der Waals surface area contributed by atoms with Crippen LogP contribution in [-0.2, 0) is 16.6 Å². The number of hydrogen-bond acceptors (Lipinski definition) is 4. The van der Waals surface area contributed by atoms with E-state index in [2.05, 4.69) is 4.99 Å². The molecule has 0 aliphatic heterocycles. The van der Waals surface area contributed by atoms with Gasteiger partial charge in [0.2, 0.25) is 10.0 Å². The lowest BCUT2D eigenvalue weighted by Gasteiger charge is -2.09. The highest BCUT2D eigenvalue weighted by molar-refractivity contribution is 7.91. The molecule has 0 aliphatic rings. The Kier molecular flexibility index (Phi) is 3.89. The Morgan fingerprint density at radius 2 is 2.12 bits per heavy atom. The Morgan fingerprint density at radius 3 is 2.56 bits per heavy atom. The minimum absolute atomic E-state index is 0.140. The lowest BCUT2D eigenvalue weighted by molar-refractivity contribution is 0.600. The van der Waals surface area contributed by atoms with Crippen LogP contribution in [0.1, 0.15) is 4.88 Å². The number of nitrogens with zero attached hydrogens (tertiary/aromatic N) is 2. The maximum atomic E-state index is 11.0. The maximum absolute atomic E-state index is 11.0. The van der Waals surface area contributed by atoms with Gasteiger partial charge in [-0.1, -0.05) is 0 Å². The Morgan fingerprint density at radius 1 is 1.50 bits per heavy atom. The first-order valence-corrected chi connectivity index (χ1v) is 6.76. The van der Waals surface area contributed by atoms with Gasteiger partial charge in [-0.15, -0.1) is 11.3 Å². The topological polar surface area (TPSA) is 102 Å². The fourth-order valence-corrected chi connectivity index (χ4v) is 2.60. The predicted octanol–water partition coefficient (Wildman–Crippen LogP) is -0.228. The maximum Gasteiger partial charge on any atom is 0.247 e. The third-order valence-corrected chi connectivity index (χ3v) is 4.28. The molecule has 0 unspecified atom stereocenters. The van der Waals surface area contributed by atoms with Crippen molar-refractivity contribution in [3.05, 3.63) is 17.0 Å². The van der Waals surface area contributed by atoms with E-state index in [0.717, 1.165) is 16.2 Å². The molecule has 6 nitrogen and oxygen atoms in total. The van der Waals surface area contributed by atoms with Gasteiger partial charge in [-0.05, 0) is 12.1 Å². The van der Waals surface area contributed by atoms with Crippen LogP contribution in [0.2, 0.25) is 0 Å². The van der Waals surface area contributed by atoms with Crippen molar-refractivity contribution < 1.29 is 8.42 Å². The van der Waals surface area contributed by atoms with Crippen molar-refractivity contribution in [2.24, 2.45) is 15.9 Å². The molecule has 0 saturated heterocycles. The van der Waals surface area contributed by atoms with Crippen LogP contribution in [0.4, 0.5) is 0 Å². The van der Waals surface area contributed by atoms with Crippen molar-refractivity contribution in [2.75, 3.05) is 14.1 Å². The quantitative estimate of drug-likeness (QED) is 0.580. The van der Waals surface area contributed by atoms with Crippen molar-refractivity contribution in [1.29, 1.82) is 0 Å². The molecular weight excluding hydrogens is 248 g/mol. The molecule has 0 aromatic carbocycles. The summed E-state index contributed by atoms with van der Waals surface area (Å²) in [5, 5.41) is 4.99. The summed E-state index contributed by atoms with van der Waals surface area (Å²) >= 11 is 1.10. The molecule has 4 N–H and O–H groups in total. The normalized spacial score (nSPS) is 12.8. The smallest absolute Gasteiger partial charge is 0.247 e. The Balaban J connectivity index is 2.78. The fraction of sp³-hybridized carbons (Fsp3) is 0.375. The van der Waals surface area contributed by atoms with Gasteiger partial charge in [0.15, 0.2) is 5.96 Å². The van der Waals surface area contributed by atoms with Crippen LogP contribution in [0.5, 0.6) is 0 Å². The molecule has 8 heteroatoms. The number of aliphatic imine (C=N–C) groups is 1. The van der Waals surface area contributed by atoms with E-state index in [1.807, 2.05) is 0 Å². The summed E-state index contributed by atoms with van der Waals surface area (Å²) < 4.78 is 22.2. The first-order valence-electron chi connectivity index (χ1n) is 4.39. The first-order chi connectivity index (χ1) is 7.30. The summed E-state index contributed by atoms with van der Waals surface area (Å²) in [5.74, 6) is 0.394. The molecule has 0 bridgehead atoms.